The minimum atomic E-state index is -1.24. The molecule has 0 heterocycles. The lowest BCUT2D eigenvalue weighted by Gasteiger charge is -2.20. The van der Waals surface area contributed by atoms with Gasteiger partial charge in [0.05, 0.1) is 6.54 Å². The second kappa shape index (κ2) is 4.97. The standard InChI is InChI=1S/C12H12F3NO2/c13-9-4-11(15)10(14)3-7(9)5-16(6-12(17)18)8-1-2-8/h3-4,8H,1-2,5-6H2,(H,17,18). The zero-order valence-electron chi connectivity index (χ0n) is 9.50. The molecule has 1 aliphatic carbocycles. The summed E-state index contributed by atoms with van der Waals surface area (Å²) in [5.74, 6) is -4.25. The van der Waals surface area contributed by atoms with Gasteiger partial charge in [-0.25, -0.2) is 13.2 Å². The molecule has 18 heavy (non-hydrogen) atoms. The Balaban J connectivity index is 2.15. The number of carboxylic acid groups (broad SMARTS) is 1. The fourth-order valence-corrected chi connectivity index (χ4v) is 1.83. The summed E-state index contributed by atoms with van der Waals surface area (Å²) in [5.41, 5.74) is -0.0259. The Morgan fingerprint density at radius 1 is 1.22 bits per heavy atom. The number of halogens is 3. The molecular weight excluding hydrogens is 247 g/mol. The number of carboxylic acids is 1. The quantitative estimate of drug-likeness (QED) is 0.824. The smallest absolute Gasteiger partial charge is 0.317 e. The maximum Gasteiger partial charge on any atom is 0.317 e. The van der Waals surface area contributed by atoms with Crippen molar-refractivity contribution in [3.63, 3.8) is 0 Å². The number of rotatable bonds is 5. The van der Waals surface area contributed by atoms with Gasteiger partial charge in [-0.3, -0.25) is 9.69 Å². The van der Waals surface area contributed by atoms with Crippen LogP contribution in [0, 0.1) is 17.5 Å². The van der Waals surface area contributed by atoms with Crippen LogP contribution in [0.5, 0.6) is 0 Å². The van der Waals surface area contributed by atoms with Gasteiger partial charge < -0.3 is 5.11 Å². The summed E-state index contributed by atoms with van der Waals surface area (Å²) < 4.78 is 39.2. The Morgan fingerprint density at radius 2 is 1.83 bits per heavy atom. The fraction of sp³-hybridized carbons (Fsp3) is 0.417. The molecule has 1 aliphatic rings. The first-order valence-corrected chi connectivity index (χ1v) is 5.56. The molecule has 1 saturated carbocycles. The van der Waals surface area contributed by atoms with Crippen LogP contribution in [0.1, 0.15) is 18.4 Å². The van der Waals surface area contributed by atoms with E-state index in [0.29, 0.717) is 6.07 Å². The number of hydrogen-bond acceptors (Lipinski definition) is 2. The van der Waals surface area contributed by atoms with Gasteiger partial charge in [-0.1, -0.05) is 0 Å². The molecule has 1 fully saturated rings. The zero-order valence-corrected chi connectivity index (χ0v) is 9.50. The average Bonchev–Trinajstić information content (AvgIpc) is 3.07. The normalized spacial score (nSPS) is 15.1. The molecule has 0 unspecified atom stereocenters. The molecule has 98 valence electrons. The first-order chi connectivity index (χ1) is 8.47. The first kappa shape index (κ1) is 12.9. The fourth-order valence-electron chi connectivity index (χ4n) is 1.83. The van der Waals surface area contributed by atoms with Crippen LogP contribution in [0.25, 0.3) is 0 Å². The third-order valence-electron chi connectivity index (χ3n) is 2.86. The Kier molecular flexibility index (Phi) is 3.56. The summed E-state index contributed by atoms with van der Waals surface area (Å²) in [6.07, 6.45) is 1.69. The van der Waals surface area contributed by atoms with Gasteiger partial charge in [-0.05, 0) is 18.9 Å². The lowest BCUT2D eigenvalue weighted by atomic mass is 10.2. The van der Waals surface area contributed by atoms with Crippen molar-refractivity contribution in [2.45, 2.75) is 25.4 Å². The molecule has 0 atom stereocenters. The lowest BCUT2D eigenvalue weighted by Crippen LogP contribution is -2.31. The van der Waals surface area contributed by atoms with Gasteiger partial charge in [0.15, 0.2) is 11.6 Å². The third kappa shape index (κ3) is 3.01. The maximum atomic E-state index is 13.4. The molecule has 0 radical (unpaired) electrons. The Bertz CT molecular complexity index is 475. The van der Waals surface area contributed by atoms with E-state index in [1.165, 1.54) is 0 Å². The summed E-state index contributed by atoms with van der Waals surface area (Å²) in [5, 5.41) is 8.74. The molecule has 6 heteroatoms. The lowest BCUT2D eigenvalue weighted by molar-refractivity contribution is -0.138. The van der Waals surface area contributed by atoms with Crippen molar-refractivity contribution in [3.05, 3.63) is 35.1 Å². The van der Waals surface area contributed by atoms with E-state index in [2.05, 4.69) is 0 Å². The SMILES string of the molecule is O=C(O)CN(Cc1cc(F)c(F)cc1F)C1CC1. The molecule has 1 aromatic carbocycles. The molecule has 2 rings (SSSR count). The highest BCUT2D eigenvalue weighted by Crippen LogP contribution is 2.28. The zero-order chi connectivity index (χ0) is 13.3. The molecule has 0 aliphatic heterocycles. The molecule has 0 aromatic heterocycles. The third-order valence-corrected chi connectivity index (χ3v) is 2.86. The summed E-state index contributed by atoms with van der Waals surface area (Å²) >= 11 is 0. The summed E-state index contributed by atoms with van der Waals surface area (Å²) in [6.45, 7) is -0.261. The topological polar surface area (TPSA) is 40.5 Å². The largest absolute Gasteiger partial charge is 0.480 e. The highest BCUT2D eigenvalue weighted by Gasteiger charge is 2.31. The van der Waals surface area contributed by atoms with Gasteiger partial charge in [0.2, 0.25) is 0 Å². The number of hydrogen-bond donors (Lipinski definition) is 1. The summed E-state index contributed by atoms with van der Waals surface area (Å²) in [6, 6.07) is 1.35. The minimum Gasteiger partial charge on any atom is -0.480 e. The second-order valence-electron chi connectivity index (χ2n) is 4.39. The number of benzene rings is 1. The van der Waals surface area contributed by atoms with E-state index in [4.69, 9.17) is 5.11 Å². The monoisotopic (exact) mass is 259 g/mol. The Morgan fingerprint density at radius 3 is 2.39 bits per heavy atom. The van der Waals surface area contributed by atoms with Gasteiger partial charge >= 0.3 is 5.97 Å². The predicted molar refractivity (Wildman–Crippen MR) is 57.4 cm³/mol. The number of aliphatic carboxylic acids is 1. The van der Waals surface area contributed by atoms with Crippen molar-refractivity contribution in [1.29, 1.82) is 0 Å². The van der Waals surface area contributed by atoms with Gasteiger partial charge in [0.1, 0.15) is 5.82 Å². The van der Waals surface area contributed by atoms with Crippen molar-refractivity contribution in [1.82, 2.24) is 4.90 Å². The summed E-state index contributed by atoms with van der Waals surface area (Å²) in [4.78, 5) is 12.2. The molecule has 0 spiro atoms. The van der Waals surface area contributed by atoms with Crippen molar-refractivity contribution in [3.8, 4) is 0 Å². The summed E-state index contributed by atoms with van der Waals surface area (Å²) in [7, 11) is 0. The Labute approximate surface area is 102 Å². The predicted octanol–water partition coefficient (Wildman–Crippen LogP) is 2.15. The molecular formula is C12H12F3NO2. The van der Waals surface area contributed by atoms with Crippen LogP contribution in [-0.2, 0) is 11.3 Å². The molecule has 0 saturated heterocycles. The van der Waals surface area contributed by atoms with E-state index in [1.54, 1.807) is 4.90 Å². The van der Waals surface area contributed by atoms with E-state index >= 15 is 0 Å². The van der Waals surface area contributed by atoms with Crippen LogP contribution in [0.15, 0.2) is 12.1 Å². The highest BCUT2D eigenvalue weighted by molar-refractivity contribution is 5.69. The second-order valence-corrected chi connectivity index (χ2v) is 4.39. The molecule has 0 bridgehead atoms. The van der Waals surface area contributed by atoms with E-state index < -0.39 is 23.4 Å². The van der Waals surface area contributed by atoms with E-state index in [-0.39, 0.29) is 24.7 Å². The van der Waals surface area contributed by atoms with E-state index in [1.807, 2.05) is 0 Å². The van der Waals surface area contributed by atoms with Crippen LogP contribution in [-0.4, -0.2) is 28.6 Å². The molecule has 1 aromatic rings. The van der Waals surface area contributed by atoms with Crippen LogP contribution in [0.2, 0.25) is 0 Å². The first-order valence-electron chi connectivity index (χ1n) is 5.56. The van der Waals surface area contributed by atoms with Crippen LogP contribution < -0.4 is 0 Å². The Hall–Kier alpha value is -1.56. The molecule has 1 N–H and O–H groups in total. The average molecular weight is 259 g/mol. The molecule has 3 nitrogen and oxygen atoms in total. The van der Waals surface area contributed by atoms with Crippen LogP contribution in [0.3, 0.4) is 0 Å². The van der Waals surface area contributed by atoms with Crippen LogP contribution >= 0.6 is 0 Å². The van der Waals surface area contributed by atoms with Gasteiger partial charge in [0, 0.05) is 24.2 Å². The van der Waals surface area contributed by atoms with Crippen molar-refractivity contribution in [2.24, 2.45) is 0 Å². The van der Waals surface area contributed by atoms with Gasteiger partial charge in [-0.15, -0.1) is 0 Å². The van der Waals surface area contributed by atoms with E-state index in [9.17, 15) is 18.0 Å². The highest BCUT2D eigenvalue weighted by atomic mass is 19.2. The van der Waals surface area contributed by atoms with Crippen molar-refractivity contribution >= 4 is 5.97 Å². The van der Waals surface area contributed by atoms with Crippen LogP contribution in [0.4, 0.5) is 13.2 Å². The number of carbonyl (C=O) groups is 1. The van der Waals surface area contributed by atoms with Crippen molar-refractivity contribution < 1.29 is 23.1 Å². The minimum absolute atomic E-state index is 0.0259. The van der Waals surface area contributed by atoms with E-state index in [0.717, 1.165) is 18.9 Å². The molecule has 0 amide bonds. The van der Waals surface area contributed by atoms with Crippen molar-refractivity contribution in [2.75, 3.05) is 6.54 Å². The van der Waals surface area contributed by atoms with Gasteiger partial charge in [-0.2, -0.15) is 0 Å². The number of nitrogens with zero attached hydrogens (tertiary/aromatic N) is 1. The van der Waals surface area contributed by atoms with Gasteiger partial charge in [0.25, 0.3) is 0 Å². The maximum absolute atomic E-state index is 13.4.